The van der Waals surface area contributed by atoms with E-state index in [0.29, 0.717) is 6.54 Å². The van der Waals surface area contributed by atoms with E-state index in [1.807, 2.05) is 18.2 Å². The average Bonchev–Trinajstić information content (AvgIpc) is 2.59. The van der Waals surface area contributed by atoms with Crippen LogP contribution >= 0.6 is 0 Å². The Hall–Kier alpha value is -2.98. The van der Waals surface area contributed by atoms with Crippen molar-refractivity contribution in [2.45, 2.75) is 12.5 Å². The fourth-order valence-corrected chi connectivity index (χ4v) is 2.83. The molecule has 0 fully saturated rings. The van der Waals surface area contributed by atoms with Crippen LogP contribution < -0.4 is 10.6 Å². The number of rotatable bonds is 4. The minimum Gasteiger partial charge on any atom is -0.362 e. The molecule has 7 nitrogen and oxygen atoms in total. The van der Waals surface area contributed by atoms with Gasteiger partial charge in [-0.2, -0.15) is 5.26 Å². The summed E-state index contributed by atoms with van der Waals surface area (Å²) in [6, 6.07) is 11.4. The van der Waals surface area contributed by atoms with E-state index in [1.165, 1.54) is 23.4 Å². The van der Waals surface area contributed by atoms with Gasteiger partial charge in [-0.1, -0.05) is 24.3 Å². The third kappa shape index (κ3) is 2.98. The van der Waals surface area contributed by atoms with Crippen LogP contribution in [0.4, 0.5) is 11.5 Å². The molecule has 116 valence electrons. The van der Waals surface area contributed by atoms with Crippen molar-refractivity contribution in [1.29, 1.82) is 5.26 Å². The molecular weight excluding hydrogens is 294 g/mol. The first-order valence-corrected chi connectivity index (χ1v) is 7.29. The molecule has 1 aliphatic heterocycles. The molecule has 0 aliphatic carbocycles. The lowest BCUT2D eigenvalue weighted by Crippen LogP contribution is -2.34. The highest BCUT2D eigenvalue weighted by Crippen LogP contribution is 2.27. The zero-order valence-electron chi connectivity index (χ0n) is 12.3. The van der Waals surface area contributed by atoms with Crippen molar-refractivity contribution in [3.8, 4) is 6.07 Å². The molecule has 0 saturated heterocycles. The van der Waals surface area contributed by atoms with Crippen LogP contribution in [0.1, 0.15) is 22.7 Å². The Labute approximate surface area is 133 Å². The first kappa shape index (κ1) is 14.9. The molecule has 2 aromatic rings. The molecule has 1 aromatic heterocycles. The highest BCUT2D eigenvalue weighted by atomic mass is 16.6. The van der Waals surface area contributed by atoms with Crippen molar-refractivity contribution in [2.24, 2.45) is 0 Å². The van der Waals surface area contributed by atoms with E-state index >= 15 is 0 Å². The number of aromatic nitrogens is 1. The molecule has 7 heteroatoms. The van der Waals surface area contributed by atoms with Crippen LogP contribution in [-0.4, -0.2) is 23.0 Å². The van der Waals surface area contributed by atoms with Gasteiger partial charge in [0.25, 0.3) is 0 Å². The van der Waals surface area contributed by atoms with Gasteiger partial charge in [-0.3, -0.25) is 10.1 Å². The van der Waals surface area contributed by atoms with Gasteiger partial charge < -0.3 is 10.6 Å². The van der Waals surface area contributed by atoms with Gasteiger partial charge in [0, 0.05) is 18.8 Å². The summed E-state index contributed by atoms with van der Waals surface area (Å²) >= 11 is 0. The molecule has 1 unspecified atom stereocenters. The summed E-state index contributed by atoms with van der Waals surface area (Å²) in [5.41, 5.74) is 2.19. The van der Waals surface area contributed by atoms with Crippen LogP contribution in [0.3, 0.4) is 0 Å². The Bertz CT molecular complexity index is 784. The average molecular weight is 309 g/mol. The zero-order chi connectivity index (χ0) is 16.2. The van der Waals surface area contributed by atoms with Gasteiger partial charge >= 0.3 is 5.69 Å². The highest BCUT2D eigenvalue weighted by molar-refractivity contribution is 5.64. The number of pyridine rings is 1. The fourth-order valence-electron chi connectivity index (χ4n) is 2.83. The van der Waals surface area contributed by atoms with E-state index in [-0.39, 0.29) is 23.1 Å². The van der Waals surface area contributed by atoms with Gasteiger partial charge in [0.15, 0.2) is 0 Å². The van der Waals surface area contributed by atoms with E-state index in [1.54, 1.807) is 0 Å². The van der Waals surface area contributed by atoms with Gasteiger partial charge in [-0.25, -0.2) is 4.98 Å². The van der Waals surface area contributed by atoms with Crippen LogP contribution in [-0.2, 0) is 6.42 Å². The Balaban J connectivity index is 1.83. The minimum absolute atomic E-state index is 0.00417. The molecule has 1 aliphatic rings. The highest BCUT2D eigenvalue weighted by Gasteiger charge is 2.23. The van der Waals surface area contributed by atoms with Gasteiger partial charge in [0.1, 0.15) is 11.6 Å². The topological polar surface area (TPSA) is 104 Å². The van der Waals surface area contributed by atoms with Gasteiger partial charge in [-0.15, -0.1) is 0 Å². The molecule has 2 N–H and O–H groups in total. The third-order valence-corrected chi connectivity index (χ3v) is 3.92. The van der Waals surface area contributed by atoms with Gasteiger partial charge in [0.2, 0.25) is 5.82 Å². The molecule has 0 radical (unpaired) electrons. The summed E-state index contributed by atoms with van der Waals surface area (Å²) in [4.78, 5) is 14.7. The SMILES string of the molecule is N#Cc1ccnc(NCC2NCCc3ccccc32)c1[N+](=O)[O-]. The molecule has 0 spiro atoms. The van der Waals surface area contributed by atoms with E-state index in [9.17, 15) is 10.1 Å². The molecule has 0 bridgehead atoms. The molecule has 3 rings (SSSR count). The first-order chi connectivity index (χ1) is 11.2. The lowest BCUT2D eigenvalue weighted by molar-refractivity contribution is -0.384. The lowest BCUT2D eigenvalue weighted by atomic mass is 9.94. The smallest absolute Gasteiger partial charge is 0.328 e. The maximum Gasteiger partial charge on any atom is 0.328 e. The van der Waals surface area contributed by atoms with E-state index in [2.05, 4.69) is 27.8 Å². The Morgan fingerprint density at radius 2 is 2.26 bits per heavy atom. The van der Waals surface area contributed by atoms with Crippen molar-refractivity contribution < 1.29 is 4.92 Å². The van der Waals surface area contributed by atoms with Crippen LogP contribution in [0, 0.1) is 21.4 Å². The van der Waals surface area contributed by atoms with E-state index < -0.39 is 4.92 Å². The number of nitrogens with one attached hydrogen (secondary N) is 2. The number of nitrogens with zero attached hydrogens (tertiary/aromatic N) is 3. The Morgan fingerprint density at radius 1 is 1.43 bits per heavy atom. The first-order valence-electron chi connectivity index (χ1n) is 7.29. The maximum atomic E-state index is 11.2. The van der Waals surface area contributed by atoms with Crippen molar-refractivity contribution in [3.05, 3.63) is 63.3 Å². The summed E-state index contributed by atoms with van der Waals surface area (Å²) < 4.78 is 0. The summed E-state index contributed by atoms with van der Waals surface area (Å²) in [6.45, 7) is 1.32. The zero-order valence-corrected chi connectivity index (χ0v) is 12.3. The predicted octanol–water partition coefficient (Wildman–Crippen LogP) is 2.16. The molecule has 23 heavy (non-hydrogen) atoms. The maximum absolute atomic E-state index is 11.2. The van der Waals surface area contributed by atoms with Crippen LogP contribution in [0.15, 0.2) is 36.5 Å². The quantitative estimate of drug-likeness (QED) is 0.662. The Kier molecular flexibility index (Phi) is 4.17. The normalized spacial score (nSPS) is 16.2. The Morgan fingerprint density at radius 3 is 3.04 bits per heavy atom. The minimum atomic E-state index is -0.573. The second kappa shape index (κ2) is 6.42. The number of nitro groups is 1. The summed E-state index contributed by atoms with van der Waals surface area (Å²) in [7, 11) is 0. The van der Waals surface area contributed by atoms with Crippen molar-refractivity contribution in [3.63, 3.8) is 0 Å². The van der Waals surface area contributed by atoms with E-state index in [4.69, 9.17) is 5.26 Å². The number of hydrogen-bond acceptors (Lipinski definition) is 6. The molecule has 0 saturated carbocycles. The van der Waals surface area contributed by atoms with E-state index in [0.717, 1.165) is 13.0 Å². The van der Waals surface area contributed by atoms with Crippen molar-refractivity contribution in [2.75, 3.05) is 18.4 Å². The van der Waals surface area contributed by atoms with Crippen molar-refractivity contribution in [1.82, 2.24) is 10.3 Å². The predicted molar refractivity (Wildman–Crippen MR) is 85.0 cm³/mol. The van der Waals surface area contributed by atoms with Crippen molar-refractivity contribution >= 4 is 11.5 Å². The van der Waals surface area contributed by atoms with Gasteiger partial charge in [0.05, 0.1) is 4.92 Å². The second-order valence-electron chi connectivity index (χ2n) is 5.26. The number of hydrogen-bond donors (Lipinski definition) is 2. The molecule has 1 aromatic carbocycles. The summed E-state index contributed by atoms with van der Waals surface area (Å²) in [6.07, 6.45) is 2.37. The number of benzene rings is 1. The third-order valence-electron chi connectivity index (χ3n) is 3.92. The van der Waals surface area contributed by atoms with Crippen LogP contribution in [0.5, 0.6) is 0 Å². The van der Waals surface area contributed by atoms with Crippen LogP contribution in [0.25, 0.3) is 0 Å². The van der Waals surface area contributed by atoms with Gasteiger partial charge in [-0.05, 0) is 30.2 Å². The second-order valence-corrected chi connectivity index (χ2v) is 5.26. The molecule has 1 atom stereocenters. The number of anilines is 1. The number of fused-ring (bicyclic) bond motifs is 1. The monoisotopic (exact) mass is 309 g/mol. The van der Waals surface area contributed by atoms with Crippen LogP contribution in [0.2, 0.25) is 0 Å². The lowest BCUT2D eigenvalue weighted by Gasteiger charge is -2.27. The number of nitriles is 1. The largest absolute Gasteiger partial charge is 0.362 e. The summed E-state index contributed by atoms with van der Waals surface area (Å²) in [5.74, 6) is 0.124. The molecule has 0 amide bonds. The summed E-state index contributed by atoms with van der Waals surface area (Å²) in [5, 5.41) is 26.6. The molecular formula is C16H15N5O2. The fraction of sp³-hybridized carbons (Fsp3) is 0.250. The molecule has 2 heterocycles. The standard InChI is InChI=1S/C16H15N5O2/c17-9-12-6-8-19-16(15(12)21(22)23)20-10-14-13-4-2-1-3-11(13)5-7-18-14/h1-4,6,8,14,18H,5,7,10H2,(H,19,20).